The molecular formula is C29H34ClN5OS. The number of benzene rings is 2. The largest absolute Gasteiger partial charge is 0.439 e. The van der Waals surface area contributed by atoms with Gasteiger partial charge in [0.05, 0.1) is 0 Å². The van der Waals surface area contributed by atoms with Gasteiger partial charge in [0.2, 0.25) is 11.8 Å². The smallest absolute Gasteiger partial charge is 0.234 e. The molecule has 1 aliphatic heterocycles. The molecule has 1 aromatic heterocycles. The van der Waals surface area contributed by atoms with Crippen molar-refractivity contribution in [1.82, 2.24) is 15.3 Å². The summed E-state index contributed by atoms with van der Waals surface area (Å²) in [6, 6.07) is 20.3. The minimum atomic E-state index is 0.0455. The number of hydrogen-bond acceptors (Lipinski definition) is 5. The van der Waals surface area contributed by atoms with Gasteiger partial charge in [0.25, 0.3) is 0 Å². The van der Waals surface area contributed by atoms with E-state index in [4.69, 9.17) is 33.5 Å². The van der Waals surface area contributed by atoms with E-state index in [0.29, 0.717) is 23.0 Å². The number of halogens is 1. The van der Waals surface area contributed by atoms with Crippen molar-refractivity contribution in [2.45, 2.75) is 63.3 Å². The highest BCUT2D eigenvalue weighted by atomic mass is 35.5. The van der Waals surface area contributed by atoms with Gasteiger partial charge in [0.15, 0.2) is 5.11 Å². The Morgan fingerprint density at radius 1 is 1.05 bits per heavy atom. The first-order valence-electron chi connectivity index (χ1n) is 13.2. The molecule has 1 saturated heterocycles. The summed E-state index contributed by atoms with van der Waals surface area (Å²) in [5.74, 6) is 2.52. The third-order valence-electron chi connectivity index (χ3n) is 7.58. The van der Waals surface area contributed by atoms with Crippen LogP contribution in [0.3, 0.4) is 0 Å². The van der Waals surface area contributed by atoms with Gasteiger partial charge in [-0.05, 0) is 81.1 Å². The zero-order chi connectivity index (χ0) is 25.7. The predicted octanol–water partition coefficient (Wildman–Crippen LogP) is 7.10. The lowest BCUT2D eigenvalue weighted by Gasteiger charge is -2.34. The first-order valence-corrected chi connectivity index (χ1v) is 14.0. The molecule has 2 N–H and O–H groups in total. The van der Waals surface area contributed by atoms with Crippen molar-refractivity contribution in [3.8, 4) is 11.6 Å². The monoisotopic (exact) mass is 535 g/mol. The molecule has 37 heavy (non-hydrogen) atoms. The van der Waals surface area contributed by atoms with E-state index in [2.05, 4.69) is 39.6 Å². The Bertz CT molecular complexity index is 1200. The molecule has 2 aromatic carbocycles. The molecule has 2 heterocycles. The van der Waals surface area contributed by atoms with Gasteiger partial charge in [-0.25, -0.2) is 0 Å². The van der Waals surface area contributed by atoms with Crippen LogP contribution in [0.2, 0.25) is 5.02 Å². The summed E-state index contributed by atoms with van der Waals surface area (Å²) in [4.78, 5) is 11.8. The Morgan fingerprint density at radius 3 is 2.54 bits per heavy atom. The number of hydrogen-bond donors (Lipinski definition) is 2. The molecule has 0 radical (unpaired) electrons. The molecular weight excluding hydrogens is 502 g/mol. The van der Waals surface area contributed by atoms with Gasteiger partial charge in [0, 0.05) is 35.6 Å². The Hall–Kier alpha value is -2.90. The number of para-hydroxylation sites is 1. The molecule has 2 fully saturated rings. The van der Waals surface area contributed by atoms with E-state index < -0.39 is 0 Å². The lowest BCUT2D eigenvalue weighted by atomic mass is 9.79. The van der Waals surface area contributed by atoms with Crippen molar-refractivity contribution in [1.29, 1.82) is 0 Å². The second-order valence-electron chi connectivity index (χ2n) is 10.1. The molecule has 1 saturated carbocycles. The van der Waals surface area contributed by atoms with Crippen LogP contribution in [0.5, 0.6) is 11.6 Å². The zero-order valence-electron chi connectivity index (χ0n) is 21.3. The van der Waals surface area contributed by atoms with E-state index in [0.717, 1.165) is 55.4 Å². The fraction of sp³-hybridized carbons (Fsp3) is 0.414. The molecule has 3 aromatic rings. The van der Waals surface area contributed by atoms with Crippen LogP contribution in [0.25, 0.3) is 0 Å². The maximum atomic E-state index is 6.15. The second-order valence-corrected chi connectivity index (χ2v) is 11.0. The number of nitrogens with zero attached hydrogens (tertiary/aromatic N) is 3. The first kappa shape index (κ1) is 25.7. The van der Waals surface area contributed by atoms with Crippen LogP contribution in [0, 0.1) is 0 Å². The van der Waals surface area contributed by atoms with Crippen molar-refractivity contribution >= 4 is 40.7 Å². The Labute approximate surface area is 229 Å². The zero-order valence-corrected chi connectivity index (χ0v) is 22.8. The van der Waals surface area contributed by atoms with Crippen LogP contribution in [0.15, 0.2) is 60.7 Å². The van der Waals surface area contributed by atoms with Crippen molar-refractivity contribution in [2.75, 3.05) is 23.3 Å². The highest BCUT2D eigenvalue weighted by Crippen LogP contribution is 2.41. The van der Waals surface area contributed by atoms with Crippen LogP contribution in [-0.4, -0.2) is 34.2 Å². The fourth-order valence-corrected chi connectivity index (χ4v) is 5.82. The number of thiocarbonyl (C=S) groups is 1. The minimum Gasteiger partial charge on any atom is -0.439 e. The molecule has 0 amide bonds. The number of ether oxygens (including phenoxy) is 1. The Balaban J connectivity index is 1.33. The van der Waals surface area contributed by atoms with Gasteiger partial charge in [-0.3, -0.25) is 0 Å². The normalized spacial score (nSPS) is 18.9. The van der Waals surface area contributed by atoms with Gasteiger partial charge in [-0.15, -0.1) is 0 Å². The number of nitrogens with one attached hydrogen (secondary N) is 2. The summed E-state index contributed by atoms with van der Waals surface area (Å²) < 4.78 is 6.10. The third-order valence-corrected chi connectivity index (χ3v) is 8.08. The predicted molar refractivity (Wildman–Crippen MR) is 155 cm³/mol. The average Bonchev–Trinajstić information content (AvgIpc) is 3.39. The maximum absolute atomic E-state index is 6.15. The lowest BCUT2D eigenvalue weighted by molar-refractivity contribution is 0.435. The van der Waals surface area contributed by atoms with E-state index in [-0.39, 0.29) is 5.41 Å². The molecule has 2 aliphatic rings. The van der Waals surface area contributed by atoms with Crippen molar-refractivity contribution in [2.24, 2.45) is 0 Å². The van der Waals surface area contributed by atoms with Gasteiger partial charge in [-0.2, -0.15) is 9.97 Å². The van der Waals surface area contributed by atoms with Crippen LogP contribution >= 0.6 is 23.8 Å². The van der Waals surface area contributed by atoms with Gasteiger partial charge < -0.3 is 20.3 Å². The van der Waals surface area contributed by atoms with Crippen LogP contribution in [0.4, 0.5) is 11.8 Å². The molecule has 1 atom stereocenters. The molecule has 5 rings (SSSR count). The number of piperidine rings is 1. The first-order chi connectivity index (χ1) is 18.0. The third kappa shape index (κ3) is 6.33. The van der Waals surface area contributed by atoms with Gasteiger partial charge >= 0.3 is 0 Å². The van der Waals surface area contributed by atoms with Crippen molar-refractivity contribution in [3.63, 3.8) is 0 Å². The van der Waals surface area contributed by atoms with Crippen LogP contribution in [0.1, 0.15) is 57.4 Å². The molecule has 0 spiro atoms. The number of aromatic nitrogens is 2. The highest BCUT2D eigenvalue weighted by molar-refractivity contribution is 7.80. The van der Waals surface area contributed by atoms with E-state index in [9.17, 15) is 0 Å². The lowest BCUT2D eigenvalue weighted by Crippen LogP contribution is -2.41. The number of rotatable bonds is 7. The van der Waals surface area contributed by atoms with E-state index in [1.165, 1.54) is 24.8 Å². The molecule has 0 bridgehead atoms. The van der Waals surface area contributed by atoms with Gasteiger partial charge in [0.1, 0.15) is 11.6 Å². The highest BCUT2D eigenvalue weighted by Gasteiger charge is 2.35. The summed E-state index contributed by atoms with van der Waals surface area (Å²) in [6.45, 7) is 3.96. The summed E-state index contributed by atoms with van der Waals surface area (Å²) in [7, 11) is 0. The minimum absolute atomic E-state index is 0.0455. The molecule has 8 heteroatoms. The van der Waals surface area contributed by atoms with E-state index >= 15 is 0 Å². The summed E-state index contributed by atoms with van der Waals surface area (Å²) >= 11 is 11.9. The Morgan fingerprint density at radius 2 is 1.81 bits per heavy atom. The summed E-state index contributed by atoms with van der Waals surface area (Å²) in [6.07, 6.45) is 8.21. The van der Waals surface area contributed by atoms with Crippen LogP contribution in [-0.2, 0) is 5.41 Å². The fourth-order valence-electron chi connectivity index (χ4n) is 5.53. The second kappa shape index (κ2) is 11.7. The van der Waals surface area contributed by atoms with E-state index in [1.54, 1.807) is 0 Å². The Kier molecular flexibility index (Phi) is 8.11. The average molecular weight is 536 g/mol. The van der Waals surface area contributed by atoms with Crippen molar-refractivity contribution in [3.05, 3.63) is 71.2 Å². The molecule has 1 unspecified atom stereocenters. The maximum Gasteiger partial charge on any atom is 0.234 e. The topological polar surface area (TPSA) is 62.3 Å². The summed E-state index contributed by atoms with van der Waals surface area (Å²) in [5.41, 5.74) is 1.35. The van der Waals surface area contributed by atoms with E-state index in [1.807, 2.05) is 48.5 Å². The summed E-state index contributed by atoms with van der Waals surface area (Å²) in [5, 5.41) is 7.96. The van der Waals surface area contributed by atoms with Gasteiger partial charge in [-0.1, -0.05) is 54.8 Å². The SMILES string of the molecule is CC1CCCCN1c1cc(Oc2ccccc2)nc(NC(=S)NCC2(c3ccc(Cl)cc3)CCCC2)n1. The quantitative estimate of drug-likeness (QED) is 0.313. The molecule has 6 nitrogen and oxygen atoms in total. The number of anilines is 2. The van der Waals surface area contributed by atoms with Crippen LogP contribution < -0.4 is 20.3 Å². The molecule has 194 valence electrons. The molecule has 1 aliphatic carbocycles. The standard InChI is InChI=1S/C29H34ClN5OS/c1-21-9-5-8-18-35(21)25-19-26(36-24-10-3-2-4-11-24)33-27(32-25)34-28(37)31-20-29(16-6-7-17-29)22-12-14-23(30)15-13-22/h2-4,10-15,19,21H,5-9,16-18,20H2,1H3,(H2,31,32,33,34,37). The van der Waals surface area contributed by atoms with Crippen molar-refractivity contribution < 1.29 is 4.74 Å².